The van der Waals surface area contributed by atoms with Crippen molar-refractivity contribution in [3.63, 3.8) is 0 Å². The summed E-state index contributed by atoms with van der Waals surface area (Å²) in [5.41, 5.74) is 19.9. The van der Waals surface area contributed by atoms with E-state index in [4.69, 9.17) is 0 Å². The molecule has 346 valence electrons. The molecule has 0 fully saturated rings. The highest BCUT2D eigenvalue weighted by atomic mass is 15.1. The van der Waals surface area contributed by atoms with Gasteiger partial charge >= 0.3 is 0 Å². The van der Waals surface area contributed by atoms with Crippen LogP contribution in [0.2, 0.25) is 0 Å². The fraction of sp³-hybridized carbons (Fsp3) is 0.0137. The molecule has 0 aliphatic heterocycles. The number of rotatable bonds is 9. The van der Waals surface area contributed by atoms with Crippen LogP contribution in [-0.2, 0) is 5.41 Å². The first-order chi connectivity index (χ1) is 36.7. The highest BCUT2D eigenvalue weighted by Crippen LogP contribution is 2.57. The molecule has 1 nitrogen and oxygen atoms in total. The Kier molecular flexibility index (Phi) is 10.5. The molecule has 0 saturated heterocycles. The summed E-state index contributed by atoms with van der Waals surface area (Å²) >= 11 is 0. The zero-order valence-corrected chi connectivity index (χ0v) is 40.7. The Morgan fingerprint density at radius 1 is 0.230 bits per heavy atom. The van der Waals surface area contributed by atoms with E-state index in [-0.39, 0.29) is 0 Å². The molecule has 0 atom stereocenters. The number of hydrogen-bond acceptors (Lipinski definition) is 1. The van der Waals surface area contributed by atoms with Gasteiger partial charge in [-0.1, -0.05) is 261 Å². The van der Waals surface area contributed by atoms with E-state index in [0.29, 0.717) is 0 Å². The van der Waals surface area contributed by atoms with E-state index in [1.165, 1.54) is 110 Å². The van der Waals surface area contributed by atoms with Crippen LogP contribution in [0.4, 0.5) is 17.1 Å². The van der Waals surface area contributed by atoms with E-state index >= 15 is 0 Å². The van der Waals surface area contributed by atoms with Crippen molar-refractivity contribution in [3.05, 3.63) is 320 Å². The Morgan fingerprint density at radius 3 is 1.35 bits per heavy atom. The summed E-state index contributed by atoms with van der Waals surface area (Å²) in [5, 5.41) is 7.42. The molecule has 1 aliphatic carbocycles. The van der Waals surface area contributed by atoms with Crippen molar-refractivity contribution in [3.8, 4) is 55.6 Å². The number of hydrogen-bond donors (Lipinski definition) is 0. The Hall–Kier alpha value is -9.56. The van der Waals surface area contributed by atoms with E-state index in [9.17, 15) is 0 Å². The summed E-state index contributed by atoms with van der Waals surface area (Å²) in [5.74, 6) is 0. The molecule has 0 heterocycles. The van der Waals surface area contributed by atoms with Gasteiger partial charge in [0, 0.05) is 17.1 Å². The third-order valence-electron chi connectivity index (χ3n) is 15.5. The molecule has 13 aromatic carbocycles. The van der Waals surface area contributed by atoms with E-state index in [2.05, 4.69) is 302 Å². The van der Waals surface area contributed by atoms with Gasteiger partial charge in [0.05, 0.1) is 5.41 Å². The summed E-state index contributed by atoms with van der Waals surface area (Å²) in [6, 6.07) is 110. The maximum atomic E-state index is 2.48. The Balaban J connectivity index is 0.991. The molecule has 13 aromatic rings. The van der Waals surface area contributed by atoms with Crippen LogP contribution in [0.1, 0.15) is 22.3 Å². The first-order valence-corrected chi connectivity index (χ1v) is 25.7. The largest absolute Gasteiger partial charge is 0.310 e. The number of fused-ring (bicyclic) bond motifs is 7. The zero-order chi connectivity index (χ0) is 49.0. The zero-order valence-electron chi connectivity index (χ0n) is 40.7. The SMILES string of the molecule is c1ccc(-c2c(-c3ccccc3)c3cc(N(c4ccc(-c5ccc(-c6cccc7ccccc67)cc5)cc4)c4ccc5c(c4)C(c4ccccc4)(c4ccccc4)c4ccccc4-5)ccc3c3ccccc23)cc1. The summed E-state index contributed by atoms with van der Waals surface area (Å²) in [6.07, 6.45) is 0. The second kappa shape index (κ2) is 17.9. The number of nitrogens with zero attached hydrogens (tertiary/aromatic N) is 1. The molecule has 0 unspecified atom stereocenters. The molecule has 0 N–H and O–H groups in total. The van der Waals surface area contributed by atoms with Crippen LogP contribution in [0.15, 0.2) is 297 Å². The third kappa shape index (κ3) is 7.00. The second-order valence-corrected chi connectivity index (χ2v) is 19.5. The van der Waals surface area contributed by atoms with Gasteiger partial charge in [0.15, 0.2) is 0 Å². The summed E-state index contributed by atoms with van der Waals surface area (Å²) in [7, 11) is 0. The monoisotopic (exact) mass is 939 g/mol. The Bertz CT molecular complexity index is 4160. The third-order valence-corrected chi connectivity index (χ3v) is 15.5. The standard InChI is InChI=1S/C73H49N/c1-5-21-54(22-6-1)71-67-33-16-15-31-63(67)64-46-44-59(48-68(64)72(71)55-23-7-2-8-24-55)74(58-42-40-51(41-43-58)50-36-38-53(39-37-50)62-34-19-25-52-20-13-14-30-61(52)62)60-45-47-66-65-32-17-18-35-69(65)73(70(66)49-60,56-26-9-3-10-27-56)57-28-11-4-12-29-57/h1-49H. The Morgan fingerprint density at radius 2 is 0.676 bits per heavy atom. The second-order valence-electron chi connectivity index (χ2n) is 19.5. The lowest BCUT2D eigenvalue weighted by molar-refractivity contribution is 0.768. The molecule has 1 heteroatoms. The van der Waals surface area contributed by atoms with Gasteiger partial charge in [-0.3, -0.25) is 0 Å². The van der Waals surface area contributed by atoms with Crippen molar-refractivity contribution in [2.24, 2.45) is 0 Å². The lowest BCUT2D eigenvalue weighted by atomic mass is 9.67. The van der Waals surface area contributed by atoms with Gasteiger partial charge in [0.25, 0.3) is 0 Å². The minimum atomic E-state index is -0.550. The van der Waals surface area contributed by atoms with Crippen molar-refractivity contribution in [2.45, 2.75) is 5.41 Å². The molecular formula is C73H49N. The quantitative estimate of drug-likeness (QED) is 0.130. The van der Waals surface area contributed by atoms with Crippen LogP contribution in [-0.4, -0.2) is 0 Å². The predicted octanol–water partition coefficient (Wildman–Crippen LogP) is 19.6. The first-order valence-electron chi connectivity index (χ1n) is 25.7. The fourth-order valence-electron chi connectivity index (χ4n) is 12.3. The van der Waals surface area contributed by atoms with Crippen LogP contribution < -0.4 is 4.90 Å². The van der Waals surface area contributed by atoms with Crippen molar-refractivity contribution in [2.75, 3.05) is 4.90 Å². The molecule has 1 aliphatic rings. The highest BCUT2D eigenvalue weighted by Gasteiger charge is 2.46. The van der Waals surface area contributed by atoms with Gasteiger partial charge in [-0.15, -0.1) is 0 Å². The average Bonchev–Trinajstić information content (AvgIpc) is 3.79. The summed E-state index contributed by atoms with van der Waals surface area (Å²) in [6.45, 7) is 0. The summed E-state index contributed by atoms with van der Waals surface area (Å²) in [4.78, 5) is 2.48. The number of benzene rings is 13. The van der Waals surface area contributed by atoms with Crippen molar-refractivity contribution >= 4 is 49.4 Å². The van der Waals surface area contributed by atoms with E-state index in [0.717, 1.165) is 17.1 Å². The molecule has 0 saturated carbocycles. The molecule has 0 radical (unpaired) electrons. The smallest absolute Gasteiger partial charge is 0.0714 e. The van der Waals surface area contributed by atoms with Crippen LogP contribution in [0.25, 0.3) is 88.0 Å². The molecule has 0 spiro atoms. The summed E-state index contributed by atoms with van der Waals surface area (Å²) < 4.78 is 0. The average molecular weight is 940 g/mol. The van der Waals surface area contributed by atoms with Gasteiger partial charge in [0.2, 0.25) is 0 Å². The lowest BCUT2D eigenvalue weighted by Gasteiger charge is -2.35. The van der Waals surface area contributed by atoms with Gasteiger partial charge in [-0.2, -0.15) is 0 Å². The van der Waals surface area contributed by atoms with Crippen LogP contribution in [0.5, 0.6) is 0 Å². The normalized spacial score (nSPS) is 12.4. The van der Waals surface area contributed by atoms with Crippen LogP contribution >= 0.6 is 0 Å². The van der Waals surface area contributed by atoms with E-state index in [1.807, 2.05) is 0 Å². The maximum absolute atomic E-state index is 2.48. The molecule has 0 bridgehead atoms. The Labute approximate surface area is 432 Å². The molecule has 14 rings (SSSR count). The fourth-order valence-corrected chi connectivity index (χ4v) is 12.3. The van der Waals surface area contributed by atoms with Gasteiger partial charge in [-0.25, -0.2) is 0 Å². The number of anilines is 3. The van der Waals surface area contributed by atoms with Crippen LogP contribution in [0, 0.1) is 0 Å². The van der Waals surface area contributed by atoms with Crippen molar-refractivity contribution in [1.29, 1.82) is 0 Å². The van der Waals surface area contributed by atoms with Gasteiger partial charge in [0.1, 0.15) is 0 Å². The van der Waals surface area contributed by atoms with Crippen LogP contribution in [0.3, 0.4) is 0 Å². The van der Waals surface area contributed by atoms with Gasteiger partial charge in [-0.05, 0) is 147 Å². The minimum absolute atomic E-state index is 0.550. The molecule has 0 aromatic heterocycles. The highest BCUT2D eigenvalue weighted by molar-refractivity contribution is 6.22. The lowest BCUT2D eigenvalue weighted by Crippen LogP contribution is -2.28. The van der Waals surface area contributed by atoms with Gasteiger partial charge < -0.3 is 4.90 Å². The first kappa shape index (κ1) is 43.2. The van der Waals surface area contributed by atoms with E-state index in [1.54, 1.807) is 0 Å². The topological polar surface area (TPSA) is 3.24 Å². The van der Waals surface area contributed by atoms with Crippen molar-refractivity contribution < 1.29 is 0 Å². The molecule has 74 heavy (non-hydrogen) atoms. The predicted molar refractivity (Wildman–Crippen MR) is 313 cm³/mol. The molecular weight excluding hydrogens is 891 g/mol. The van der Waals surface area contributed by atoms with E-state index < -0.39 is 5.41 Å². The molecule has 0 amide bonds. The van der Waals surface area contributed by atoms with Crippen molar-refractivity contribution in [1.82, 2.24) is 0 Å². The minimum Gasteiger partial charge on any atom is -0.310 e. The maximum Gasteiger partial charge on any atom is 0.0714 e.